The normalized spacial score (nSPS) is 16.0. The average molecular weight is 216 g/mol. The Labute approximate surface area is 95.5 Å². The predicted molar refractivity (Wildman–Crippen MR) is 64.1 cm³/mol. The third-order valence-electron chi connectivity index (χ3n) is 3.01. The molecule has 16 heavy (non-hydrogen) atoms. The molecule has 0 atom stereocenters. The molecule has 1 aliphatic rings. The molecule has 0 aromatic heterocycles. The molecule has 0 amide bonds. The molecule has 84 valence electrons. The molecule has 0 spiro atoms. The van der Waals surface area contributed by atoms with Gasteiger partial charge in [-0.2, -0.15) is 0 Å². The molecule has 1 heterocycles. The van der Waals surface area contributed by atoms with Crippen LogP contribution in [0.15, 0.2) is 29.4 Å². The van der Waals surface area contributed by atoms with Gasteiger partial charge in [0.2, 0.25) is 0 Å². The summed E-state index contributed by atoms with van der Waals surface area (Å²) < 4.78 is 0. The molecule has 1 aromatic rings. The molecule has 0 unspecified atom stereocenters. The minimum Gasteiger partial charge on any atom is -0.299 e. The van der Waals surface area contributed by atoms with Crippen molar-refractivity contribution in [1.29, 1.82) is 0 Å². The molecule has 1 aliphatic heterocycles. The molecule has 0 bridgehead atoms. The molecule has 0 N–H and O–H groups in total. The van der Waals surface area contributed by atoms with E-state index in [2.05, 4.69) is 39.2 Å². The second kappa shape index (κ2) is 5.54. The quantitative estimate of drug-likeness (QED) is 0.435. The highest BCUT2D eigenvalue weighted by Crippen LogP contribution is 2.17. The lowest BCUT2D eigenvalue weighted by Crippen LogP contribution is -2.25. The number of benzene rings is 1. The van der Waals surface area contributed by atoms with E-state index in [0.29, 0.717) is 6.54 Å². The first-order valence-electron chi connectivity index (χ1n) is 5.70. The fourth-order valence-electron chi connectivity index (χ4n) is 2.19. The van der Waals surface area contributed by atoms with Gasteiger partial charge in [0.25, 0.3) is 0 Å². The van der Waals surface area contributed by atoms with Crippen molar-refractivity contribution in [3.63, 3.8) is 0 Å². The van der Waals surface area contributed by atoms with Gasteiger partial charge in [-0.05, 0) is 36.0 Å². The van der Waals surface area contributed by atoms with Crippen molar-refractivity contribution in [2.75, 3.05) is 19.6 Å². The average Bonchev–Trinajstić information content (AvgIpc) is 2.51. The molecular formula is C12H16N4. The number of fused-ring (bicyclic) bond motifs is 1. The number of azide groups is 1. The first kappa shape index (κ1) is 11.0. The number of rotatable bonds is 3. The van der Waals surface area contributed by atoms with Crippen LogP contribution < -0.4 is 0 Å². The first-order valence-corrected chi connectivity index (χ1v) is 5.70. The molecule has 0 aliphatic carbocycles. The topological polar surface area (TPSA) is 52.0 Å². The summed E-state index contributed by atoms with van der Waals surface area (Å²) in [5.41, 5.74) is 11.1. The Hall–Kier alpha value is -1.51. The summed E-state index contributed by atoms with van der Waals surface area (Å²) in [5.74, 6) is 0. The SMILES string of the molecule is [N-]=[N+]=NCCN1CCCc2ccccc2C1. The van der Waals surface area contributed by atoms with Gasteiger partial charge in [-0.25, -0.2) is 0 Å². The van der Waals surface area contributed by atoms with Crippen molar-refractivity contribution in [2.24, 2.45) is 5.11 Å². The van der Waals surface area contributed by atoms with Gasteiger partial charge in [0.15, 0.2) is 0 Å². The Morgan fingerprint density at radius 2 is 2.12 bits per heavy atom. The molecule has 1 aromatic carbocycles. The molecule has 4 heteroatoms. The van der Waals surface area contributed by atoms with Gasteiger partial charge in [0.05, 0.1) is 0 Å². The van der Waals surface area contributed by atoms with E-state index in [4.69, 9.17) is 5.53 Å². The van der Waals surface area contributed by atoms with Gasteiger partial charge < -0.3 is 0 Å². The zero-order valence-electron chi connectivity index (χ0n) is 9.34. The largest absolute Gasteiger partial charge is 0.299 e. The third-order valence-corrected chi connectivity index (χ3v) is 3.01. The van der Waals surface area contributed by atoms with E-state index in [-0.39, 0.29) is 0 Å². The lowest BCUT2D eigenvalue weighted by Gasteiger charge is -2.18. The summed E-state index contributed by atoms with van der Waals surface area (Å²) in [4.78, 5) is 5.15. The minimum absolute atomic E-state index is 0.568. The van der Waals surface area contributed by atoms with Gasteiger partial charge in [-0.1, -0.05) is 29.4 Å². The lowest BCUT2D eigenvalue weighted by molar-refractivity contribution is 0.277. The van der Waals surface area contributed by atoms with Gasteiger partial charge in [-0.3, -0.25) is 4.90 Å². The number of aryl methyl sites for hydroxylation is 1. The van der Waals surface area contributed by atoms with Crippen LogP contribution in [-0.4, -0.2) is 24.5 Å². The van der Waals surface area contributed by atoms with Crippen molar-refractivity contribution in [3.05, 3.63) is 45.8 Å². The molecule has 2 rings (SSSR count). The van der Waals surface area contributed by atoms with Crippen LogP contribution in [0.5, 0.6) is 0 Å². The van der Waals surface area contributed by atoms with E-state index < -0.39 is 0 Å². The Morgan fingerprint density at radius 3 is 2.94 bits per heavy atom. The van der Waals surface area contributed by atoms with Gasteiger partial charge >= 0.3 is 0 Å². The molecule has 4 nitrogen and oxygen atoms in total. The summed E-state index contributed by atoms with van der Waals surface area (Å²) in [7, 11) is 0. The van der Waals surface area contributed by atoms with E-state index >= 15 is 0 Å². The summed E-state index contributed by atoms with van der Waals surface area (Å²) in [6.45, 7) is 3.50. The molecule has 0 radical (unpaired) electrons. The summed E-state index contributed by atoms with van der Waals surface area (Å²) in [6, 6.07) is 8.61. The van der Waals surface area contributed by atoms with E-state index in [1.54, 1.807) is 0 Å². The highest BCUT2D eigenvalue weighted by molar-refractivity contribution is 5.27. The van der Waals surface area contributed by atoms with Crippen LogP contribution in [0.3, 0.4) is 0 Å². The standard InChI is InChI=1S/C12H16N4/c13-15-14-7-9-16-8-3-6-11-4-1-2-5-12(11)10-16/h1-2,4-5H,3,6-10H2. The van der Waals surface area contributed by atoms with Crippen LogP contribution >= 0.6 is 0 Å². The zero-order chi connectivity index (χ0) is 11.2. The van der Waals surface area contributed by atoms with Crippen molar-refractivity contribution in [2.45, 2.75) is 19.4 Å². The Morgan fingerprint density at radius 1 is 1.31 bits per heavy atom. The summed E-state index contributed by atoms with van der Waals surface area (Å²) in [5, 5.41) is 3.59. The summed E-state index contributed by atoms with van der Waals surface area (Å²) >= 11 is 0. The molecular weight excluding hydrogens is 200 g/mol. The van der Waals surface area contributed by atoms with E-state index in [0.717, 1.165) is 26.1 Å². The van der Waals surface area contributed by atoms with Crippen LogP contribution in [0.2, 0.25) is 0 Å². The number of hydrogen-bond acceptors (Lipinski definition) is 2. The minimum atomic E-state index is 0.568. The molecule has 0 saturated carbocycles. The smallest absolute Gasteiger partial charge is 0.0385 e. The van der Waals surface area contributed by atoms with Crippen molar-refractivity contribution >= 4 is 0 Å². The van der Waals surface area contributed by atoms with E-state index in [1.165, 1.54) is 17.5 Å². The van der Waals surface area contributed by atoms with Crippen LogP contribution in [0, 0.1) is 0 Å². The fourth-order valence-corrected chi connectivity index (χ4v) is 2.19. The maximum absolute atomic E-state index is 8.25. The maximum Gasteiger partial charge on any atom is 0.0385 e. The highest BCUT2D eigenvalue weighted by Gasteiger charge is 2.12. The Bertz CT molecular complexity index is 396. The highest BCUT2D eigenvalue weighted by atomic mass is 15.2. The zero-order valence-corrected chi connectivity index (χ0v) is 9.34. The van der Waals surface area contributed by atoms with Crippen molar-refractivity contribution in [3.8, 4) is 0 Å². The van der Waals surface area contributed by atoms with E-state index in [9.17, 15) is 0 Å². The lowest BCUT2D eigenvalue weighted by atomic mass is 10.0. The van der Waals surface area contributed by atoms with E-state index in [1.807, 2.05) is 0 Å². The van der Waals surface area contributed by atoms with Crippen molar-refractivity contribution < 1.29 is 0 Å². The van der Waals surface area contributed by atoms with Crippen LogP contribution in [0.25, 0.3) is 10.4 Å². The van der Waals surface area contributed by atoms with Crippen LogP contribution in [0.4, 0.5) is 0 Å². The second-order valence-corrected chi connectivity index (χ2v) is 4.10. The summed E-state index contributed by atoms with van der Waals surface area (Å²) in [6.07, 6.45) is 2.35. The maximum atomic E-state index is 8.25. The van der Waals surface area contributed by atoms with Crippen molar-refractivity contribution in [1.82, 2.24) is 4.90 Å². The van der Waals surface area contributed by atoms with Gasteiger partial charge in [-0.15, -0.1) is 0 Å². The Kier molecular flexibility index (Phi) is 3.81. The van der Waals surface area contributed by atoms with Gasteiger partial charge in [0, 0.05) is 24.5 Å². The number of nitrogens with zero attached hydrogens (tertiary/aromatic N) is 4. The first-order chi connectivity index (χ1) is 7.90. The van der Waals surface area contributed by atoms with Gasteiger partial charge in [0.1, 0.15) is 0 Å². The predicted octanol–water partition coefficient (Wildman–Crippen LogP) is 2.75. The Balaban J connectivity index is 2.01. The second-order valence-electron chi connectivity index (χ2n) is 4.10. The fraction of sp³-hybridized carbons (Fsp3) is 0.500. The number of hydrogen-bond donors (Lipinski definition) is 0. The van der Waals surface area contributed by atoms with Crippen LogP contribution in [0.1, 0.15) is 17.5 Å². The third kappa shape index (κ3) is 2.75. The molecule has 0 saturated heterocycles. The molecule has 0 fully saturated rings. The monoisotopic (exact) mass is 216 g/mol. The van der Waals surface area contributed by atoms with Crippen LogP contribution in [-0.2, 0) is 13.0 Å².